The van der Waals surface area contributed by atoms with E-state index in [1.165, 1.54) is 17.8 Å². The molecule has 178 valence electrons. The predicted molar refractivity (Wildman–Crippen MR) is 132 cm³/mol. The van der Waals surface area contributed by atoms with Gasteiger partial charge in [0.25, 0.3) is 0 Å². The largest absolute Gasteiger partial charge is 0.493 e. The average molecular weight is 511 g/mol. The molecule has 0 saturated heterocycles. The summed E-state index contributed by atoms with van der Waals surface area (Å²) in [6.07, 6.45) is 1.10. The van der Waals surface area contributed by atoms with Crippen molar-refractivity contribution in [3.63, 3.8) is 0 Å². The molecule has 0 radical (unpaired) electrons. The summed E-state index contributed by atoms with van der Waals surface area (Å²) >= 11 is 3.00. The minimum atomic E-state index is -3.28. The molecule has 3 aromatic rings. The summed E-state index contributed by atoms with van der Waals surface area (Å²) in [6, 6.07) is 7.05. The van der Waals surface area contributed by atoms with Crippen LogP contribution in [0.2, 0.25) is 0 Å². The molecule has 0 unspecified atom stereocenters. The van der Waals surface area contributed by atoms with Gasteiger partial charge in [-0.25, -0.2) is 28.1 Å². The number of benzene rings is 1. The molecule has 0 aliphatic rings. The molecule has 0 aliphatic heterocycles. The highest BCUT2D eigenvalue weighted by Gasteiger charge is 2.19. The smallest absolute Gasteiger partial charge is 0.208 e. The molecule has 33 heavy (non-hydrogen) atoms. The fraction of sp³-hybridized carbons (Fsp3) is 0.350. The standard InChI is InChI=1S/C20H26N6O4S3/c1-11-18(12(2)32-20-24-16(21)10-17(22)25-20)26-19(31-11)13-5-6-14(29-3)15(9-13)30-8-7-23-33(4,27)28/h5-6,9-10,12,23H,7-8H2,1-4H3,(H4,21,22,24,25)/t12-/m0/s1. The van der Waals surface area contributed by atoms with E-state index in [9.17, 15) is 8.42 Å². The number of thiazole rings is 1. The molecule has 1 atom stereocenters. The van der Waals surface area contributed by atoms with Gasteiger partial charge in [0, 0.05) is 23.1 Å². The normalized spacial score (nSPS) is 12.5. The Morgan fingerprint density at radius 3 is 2.48 bits per heavy atom. The van der Waals surface area contributed by atoms with Crippen LogP contribution >= 0.6 is 23.1 Å². The van der Waals surface area contributed by atoms with Crippen LogP contribution in [0.25, 0.3) is 10.6 Å². The number of hydrogen-bond acceptors (Lipinski definition) is 11. The molecular formula is C20H26N6O4S3. The van der Waals surface area contributed by atoms with Gasteiger partial charge < -0.3 is 20.9 Å². The van der Waals surface area contributed by atoms with E-state index in [0.717, 1.165) is 27.4 Å². The zero-order chi connectivity index (χ0) is 24.2. The summed E-state index contributed by atoms with van der Waals surface area (Å²) in [5, 5.41) is 1.30. The molecule has 0 bridgehead atoms. The van der Waals surface area contributed by atoms with Gasteiger partial charge in [-0.05, 0) is 32.0 Å². The highest BCUT2D eigenvalue weighted by atomic mass is 32.2. The van der Waals surface area contributed by atoms with Crippen LogP contribution in [0.3, 0.4) is 0 Å². The van der Waals surface area contributed by atoms with Gasteiger partial charge in [-0.3, -0.25) is 0 Å². The van der Waals surface area contributed by atoms with Gasteiger partial charge in [-0.2, -0.15) is 0 Å². The lowest BCUT2D eigenvalue weighted by molar-refractivity contribution is 0.299. The number of aryl methyl sites for hydroxylation is 1. The first-order valence-corrected chi connectivity index (χ1v) is 13.4. The fourth-order valence-electron chi connectivity index (χ4n) is 2.95. The third kappa shape index (κ3) is 6.93. The third-order valence-electron chi connectivity index (χ3n) is 4.38. The molecule has 0 aliphatic carbocycles. The summed E-state index contributed by atoms with van der Waals surface area (Å²) in [4.78, 5) is 14.4. The molecule has 0 saturated carbocycles. The monoisotopic (exact) mass is 510 g/mol. The molecule has 0 amide bonds. The molecule has 10 nitrogen and oxygen atoms in total. The first-order chi connectivity index (χ1) is 15.6. The van der Waals surface area contributed by atoms with Crippen LogP contribution in [-0.4, -0.2) is 49.9 Å². The highest BCUT2D eigenvalue weighted by molar-refractivity contribution is 7.99. The van der Waals surface area contributed by atoms with Gasteiger partial charge in [0.2, 0.25) is 10.0 Å². The number of aromatic nitrogens is 3. The van der Waals surface area contributed by atoms with Gasteiger partial charge in [-0.1, -0.05) is 11.8 Å². The second-order valence-electron chi connectivity index (χ2n) is 7.10. The van der Waals surface area contributed by atoms with Crippen LogP contribution in [0.4, 0.5) is 11.6 Å². The Hall–Kier alpha value is -2.61. The van der Waals surface area contributed by atoms with Crippen molar-refractivity contribution in [1.82, 2.24) is 19.7 Å². The second kappa shape index (κ2) is 10.5. The number of ether oxygens (including phenoxy) is 2. The van der Waals surface area contributed by atoms with E-state index in [-0.39, 0.29) is 18.4 Å². The van der Waals surface area contributed by atoms with Crippen molar-refractivity contribution in [1.29, 1.82) is 0 Å². The Labute approximate surface area is 201 Å². The van der Waals surface area contributed by atoms with Crippen LogP contribution in [0.5, 0.6) is 11.5 Å². The van der Waals surface area contributed by atoms with E-state index in [1.54, 1.807) is 24.5 Å². The van der Waals surface area contributed by atoms with E-state index >= 15 is 0 Å². The summed E-state index contributed by atoms with van der Waals surface area (Å²) in [6.45, 7) is 4.35. The van der Waals surface area contributed by atoms with E-state index in [4.69, 9.17) is 25.9 Å². The van der Waals surface area contributed by atoms with E-state index < -0.39 is 10.0 Å². The number of nitrogens with two attached hydrogens (primary N) is 2. The zero-order valence-electron chi connectivity index (χ0n) is 18.7. The lowest BCUT2D eigenvalue weighted by atomic mass is 10.2. The summed E-state index contributed by atoms with van der Waals surface area (Å²) in [7, 11) is -1.73. The Kier molecular flexibility index (Phi) is 8.00. The zero-order valence-corrected chi connectivity index (χ0v) is 21.1. The SMILES string of the molecule is COc1ccc(-c2nc([C@H](C)Sc3nc(N)cc(N)n3)c(C)s2)cc1OCCNS(C)(=O)=O. The van der Waals surface area contributed by atoms with Gasteiger partial charge in [0.05, 0.1) is 24.3 Å². The fourth-order valence-corrected chi connectivity index (χ4v) is 5.46. The summed E-state index contributed by atoms with van der Waals surface area (Å²) in [5.41, 5.74) is 13.3. The van der Waals surface area contributed by atoms with E-state index in [1.807, 2.05) is 26.0 Å². The molecule has 0 spiro atoms. The minimum Gasteiger partial charge on any atom is -0.493 e. The maximum Gasteiger partial charge on any atom is 0.208 e. The number of nitrogens with one attached hydrogen (secondary N) is 1. The van der Waals surface area contributed by atoms with Gasteiger partial charge in [0.15, 0.2) is 16.7 Å². The Morgan fingerprint density at radius 2 is 1.85 bits per heavy atom. The highest BCUT2D eigenvalue weighted by Crippen LogP contribution is 2.40. The number of thioether (sulfide) groups is 1. The Bertz CT molecular complexity index is 1210. The predicted octanol–water partition coefficient (Wildman–Crippen LogP) is 2.86. The first-order valence-electron chi connectivity index (χ1n) is 9.85. The second-order valence-corrected chi connectivity index (χ2v) is 11.4. The number of nitrogen functional groups attached to an aromatic ring is 2. The molecule has 3 rings (SSSR count). The lowest BCUT2D eigenvalue weighted by Crippen LogP contribution is -2.26. The van der Waals surface area contributed by atoms with Crippen molar-refractivity contribution in [2.24, 2.45) is 0 Å². The van der Waals surface area contributed by atoms with E-state index in [0.29, 0.717) is 28.3 Å². The maximum absolute atomic E-state index is 11.2. The van der Waals surface area contributed by atoms with Crippen molar-refractivity contribution in [2.75, 3.05) is 38.0 Å². The van der Waals surface area contributed by atoms with Crippen LogP contribution in [0.15, 0.2) is 29.4 Å². The molecule has 5 N–H and O–H groups in total. The number of methoxy groups -OCH3 is 1. The number of anilines is 2. The number of rotatable bonds is 10. The molecule has 0 fully saturated rings. The van der Waals surface area contributed by atoms with Crippen LogP contribution in [0, 0.1) is 6.92 Å². The van der Waals surface area contributed by atoms with Crippen molar-refractivity contribution >= 4 is 44.8 Å². The van der Waals surface area contributed by atoms with Crippen LogP contribution in [-0.2, 0) is 10.0 Å². The number of hydrogen-bond donors (Lipinski definition) is 3. The molecule has 1 aromatic carbocycles. The van der Waals surface area contributed by atoms with Crippen molar-refractivity contribution in [3.8, 4) is 22.1 Å². The Balaban J connectivity index is 1.78. The van der Waals surface area contributed by atoms with Crippen molar-refractivity contribution in [2.45, 2.75) is 24.3 Å². The van der Waals surface area contributed by atoms with Crippen molar-refractivity contribution in [3.05, 3.63) is 34.8 Å². The average Bonchev–Trinajstić information content (AvgIpc) is 3.11. The van der Waals surface area contributed by atoms with Crippen molar-refractivity contribution < 1.29 is 17.9 Å². The topological polar surface area (TPSA) is 155 Å². The number of sulfonamides is 1. The van der Waals surface area contributed by atoms with Crippen LogP contribution < -0.4 is 25.7 Å². The Morgan fingerprint density at radius 1 is 1.15 bits per heavy atom. The third-order valence-corrected chi connectivity index (χ3v) is 7.11. The quantitative estimate of drug-likeness (QED) is 0.210. The van der Waals surface area contributed by atoms with Gasteiger partial charge >= 0.3 is 0 Å². The number of nitrogens with zero attached hydrogens (tertiary/aromatic N) is 3. The van der Waals surface area contributed by atoms with Gasteiger partial charge in [0.1, 0.15) is 23.3 Å². The van der Waals surface area contributed by atoms with Crippen LogP contribution in [0.1, 0.15) is 22.7 Å². The minimum absolute atomic E-state index is 0.0211. The van der Waals surface area contributed by atoms with Gasteiger partial charge in [-0.15, -0.1) is 11.3 Å². The first kappa shape index (κ1) is 25.0. The summed E-state index contributed by atoms with van der Waals surface area (Å²) < 4.78 is 36.0. The molecule has 13 heteroatoms. The molecular weight excluding hydrogens is 484 g/mol. The molecule has 2 aromatic heterocycles. The maximum atomic E-state index is 11.2. The lowest BCUT2D eigenvalue weighted by Gasteiger charge is -2.12. The van der Waals surface area contributed by atoms with E-state index in [2.05, 4.69) is 14.7 Å². The molecule has 2 heterocycles. The summed E-state index contributed by atoms with van der Waals surface area (Å²) in [5.74, 6) is 1.70.